The number of amidine groups is 1. The van der Waals surface area contributed by atoms with Crippen LogP contribution in [-0.4, -0.2) is 26.0 Å². The summed E-state index contributed by atoms with van der Waals surface area (Å²) in [7, 11) is -3.95. The number of nitrogens with two attached hydrogens (primary N) is 1. The van der Waals surface area contributed by atoms with Crippen molar-refractivity contribution >= 4 is 15.9 Å². The fourth-order valence-corrected chi connectivity index (χ4v) is 2.13. The maximum Gasteiger partial charge on any atom is 0.240 e. The number of nitrogens with zero attached hydrogens (tertiary/aromatic N) is 1. The van der Waals surface area contributed by atoms with Gasteiger partial charge in [-0.1, -0.05) is 5.16 Å². The van der Waals surface area contributed by atoms with Gasteiger partial charge in [-0.3, -0.25) is 0 Å². The first-order valence-electron chi connectivity index (χ1n) is 4.78. The SMILES string of the molecule is N/C(CCNS(=O)(=O)c1ccc(F)c(F)c1)=N/O. The van der Waals surface area contributed by atoms with E-state index in [1.165, 1.54) is 0 Å². The van der Waals surface area contributed by atoms with Crippen molar-refractivity contribution in [3.63, 3.8) is 0 Å². The Bertz CT molecular complexity index is 560. The molecule has 100 valence electrons. The van der Waals surface area contributed by atoms with Crippen molar-refractivity contribution < 1.29 is 22.4 Å². The van der Waals surface area contributed by atoms with Gasteiger partial charge in [-0.25, -0.2) is 21.9 Å². The Hall–Kier alpha value is -1.74. The third kappa shape index (κ3) is 3.64. The molecule has 0 aliphatic carbocycles. The summed E-state index contributed by atoms with van der Waals surface area (Å²) in [5.74, 6) is -2.54. The first kappa shape index (κ1) is 14.3. The summed E-state index contributed by atoms with van der Waals surface area (Å²) in [5, 5.41) is 10.9. The van der Waals surface area contributed by atoms with Crippen LogP contribution in [0, 0.1) is 11.6 Å². The molecule has 0 aliphatic rings. The topological polar surface area (TPSA) is 105 Å². The van der Waals surface area contributed by atoms with Crippen molar-refractivity contribution in [3.8, 4) is 0 Å². The van der Waals surface area contributed by atoms with Crippen LogP contribution in [0.3, 0.4) is 0 Å². The summed E-state index contributed by atoms with van der Waals surface area (Å²) in [6.07, 6.45) is -0.0145. The van der Waals surface area contributed by atoms with Crippen molar-refractivity contribution in [1.82, 2.24) is 4.72 Å². The van der Waals surface area contributed by atoms with Crippen molar-refractivity contribution in [2.24, 2.45) is 10.9 Å². The summed E-state index contributed by atoms with van der Waals surface area (Å²) in [4.78, 5) is -0.402. The lowest BCUT2D eigenvalue weighted by Gasteiger charge is -2.06. The van der Waals surface area contributed by atoms with Gasteiger partial charge in [-0.05, 0) is 18.2 Å². The second kappa shape index (κ2) is 5.74. The van der Waals surface area contributed by atoms with Crippen molar-refractivity contribution in [2.75, 3.05) is 6.54 Å². The molecule has 1 aromatic carbocycles. The van der Waals surface area contributed by atoms with Gasteiger partial charge in [0.2, 0.25) is 10.0 Å². The Kier molecular flexibility index (Phi) is 4.56. The van der Waals surface area contributed by atoms with E-state index in [1.807, 2.05) is 0 Å². The second-order valence-corrected chi connectivity index (χ2v) is 5.08. The van der Waals surface area contributed by atoms with Crippen LogP contribution < -0.4 is 10.5 Å². The summed E-state index contributed by atoms with van der Waals surface area (Å²) in [5.41, 5.74) is 5.14. The molecule has 0 aliphatic heterocycles. The zero-order valence-electron chi connectivity index (χ0n) is 9.10. The lowest BCUT2D eigenvalue weighted by atomic mass is 10.3. The van der Waals surface area contributed by atoms with Crippen LogP contribution in [0.2, 0.25) is 0 Å². The minimum atomic E-state index is -3.95. The average molecular weight is 279 g/mol. The van der Waals surface area contributed by atoms with Crippen molar-refractivity contribution in [1.29, 1.82) is 0 Å². The van der Waals surface area contributed by atoms with Crippen LogP contribution in [0.4, 0.5) is 8.78 Å². The molecule has 0 aromatic heterocycles. The molecule has 0 saturated carbocycles. The predicted molar refractivity (Wildman–Crippen MR) is 59.6 cm³/mol. The molecule has 1 rings (SSSR count). The molecule has 1 aromatic rings. The van der Waals surface area contributed by atoms with E-state index in [4.69, 9.17) is 10.9 Å². The lowest BCUT2D eigenvalue weighted by molar-refractivity contribution is 0.317. The third-order valence-electron chi connectivity index (χ3n) is 2.00. The number of rotatable bonds is 5. The third-order valence-corrected chi connectivity index (χ3v) is 3.46. The molecular weight excluding hydrogens is 268 g/mol. The van der Waals surface area contributed by atoms with Gasteiger partial charge >= 0.3 is 0 Å². The van der Waals surface area contributed by atoms with E-state index in [2.05, 4.69) is 9.88 Å². The number of benzene rings is 1. The Morgan fingerprint density at radius 3 is 2.61 bits per heavy atom. The molecule has 0 amide bonds. The predicted octanol–water partition coefficient (Wildman–Crippen LogP) is 0.380. The van der Waals surface area contributed by atoms with E-state index in [9.17, 15) is 17.2 Å². The Morgan fingerprint density at radius 1 is 1.39 bits per heavy atom. The number of oxime groups is 1. The number of hydrogen-bond donors (Lipinski definition) is 3. The minimum absolute atomic E-state index is 0.0145. The van der Waals surface area contributed by atoms with Gasteiger partial charge in [0.15, 0.2) is 11.6 Å². The maximum absolute atomic E-state index is 12.9. The number of halogens is 2. The van der Waals surface area contributed by atoms with E-state index < -0.39 is 26.6 Å². The molecule has 18 heavy (non-hydrogen) atoms. The first-order chi connectivity index (χ1) is 8.36. The standard InChI is InChI=1S/C9H11F2N3O3S/c10-7-2-1-6(5-8(7)11)18(16,17)13-4-3-9(12)14-15/h1-2,5,13,15H,3-4H2,(H2,12,14). The van der Waals surface area contributed by atoms with Gasteiger partial charge in [0.1, 0.15) is 5.84 Å². The molecule has 0 fully saturated rings. The molecule has 0 saturated heterocycles. The van der Waals surface area contributed by atoms with Crippen LogP contribution in [-0.2, 0) is 10.0 Å². The number of hydrogen-bond acceptors (Lipinski definition) is 4. The molecule has 4 N–H and O–H groups in total. The van der Waals surface area contributed by atoms with Crippen LogP contribution in [0.15, 0.2) is 28.3 Å². The monoisotopic (exact) mass is 279 g/mol. The molecule has 0 atom stereocenters. The Balaban J connectivity index is 2.77. The quantitative estimate of drug-likeness (QED) is 0.313. The first-order valence-corrected chi connectivity index (χ1v) is 6.26. The van der Waals surface area contributed by atoms with Gasteiger partial charge in [0.05, 0.1) is 4.90 Å². The zero-order chi connectivity index (χ0) is 13.8. The fourth-order valence-electron chi connectivity index (χ4n) is 1.09. The summed E-state index contributed by atoms with van der Waals surface area (Å²) < 4.78 is 50.9. The van der Waals surface area contributed by atoms with Crippen LogP contribution in [0.5, 0.6) is 0 Å². The fraction of sp³-hybridized carbons (Fsp3) is 0.222. The van der Waals surface area contributed by atoms with E-state index >= 15 is 0 Å². The second-order valence-electron chi connectivity index (χ2n) is 3.32. The van der Waals surface area contributed by atoms with Gasteiger partial charge in [0.25, 0.3) is 0 Å². The molecule has 6 nitrogen and oxygen atoms in total. The number of nitrogens with one attached hydrogen (secondary N) is 1. The van der Waals surface area contributed by atoms with E-state index in [0.717, 1.165) is 6.07 Å². The lowest BCUT2D eigenvalue weighted by Crippen LogP contribution is -2.28. The summed E-state index contributed by atoms with van der Waals surface area (Å²) >= 11 is 0. The largest absolute Gasteiger partial charge is 0.409 e. The Labute approximate surface area is 102 Å². The summed E-state index contributed by atoms with van der Waals surface area (Å²) in [6, 6.07) is 2.22. The van der Waals surface area contributed by atoms with Crippen molar-refractivity contribution in [2.45, 2.75) is 11.3 Å². The van der Waals surface area contributed by atoms with Crippen LogP contribution in [0.1, 0.15) is 6.42 Å². The summed E-state index contributed by atoms with van der Waals surface area (Å²) in [6.45, 7) is -0.128. The van der Waals surface area contributed by atoms with Crippen molar-refractivity contribution in [3.05, 3.63) is 29.8 Å². The smallest absolute Gasteiger partial charge is 0.240 e. The van der Waals surface area contributed by atoms with Gasteiger partial charge < -0.3 is 10.9 Å². The van der Waals surface area contributed by atoms with Gasteiger partial charge in [-0.15, -0.1) is 0 Å². The highest BCUT2D eigenvalue weighted by Gasteiger charge is 2.15. The molecule has 0 radical (unpaired) electrons. The van der Waals surface area contributed by atoms with Gasteiger partial charge in [-0.2, -0.15) is 0 Å². The van der Waals surface area contributed by atoms with E-state index in [0.29, 0.717) is 12.1 Å². The maximum atomic E-state index is 12.9. The van der Waals surface area contributed by atoms with Gasteiger partial charge in [0, 0.05) is 13.0 Å². The Morgan fingerprint density at radius 2 is 2.06 bits per heavy atom. The van der Waals surface area contributed by atoms with Crippen LogP contribution in [0.25, 0.3) is 0 Å². The molecular formula is C9H11F2N3O3S. The van der Waals surface area contributed by atoms with E-state index in [-0.39, 0.29) is 18.8 Å². The highest BCUT2D eigenvalue weighted by atomic mass is 32.2. The average Bonchev–Trinajstić information content (AvgIpc) is 2.32. The molecule has 0 bridgehead atoms. The minimum Gasteiger partial charge on any atom is -0.409 e. The molecule has 0 unspecified atom stereocenters. The normalized spacial score (nSPS) is 12.7. The highest BCUT2D eigenvalue weighted by molar-refractivity contribution is 7.89. The zero-order valence-corrected chi connectivity index (χ0v) is 9.92. The van der Waals surface area contributed by atoms with Crippen LogP contribution >= 0.6 is 0 Å². The molecule has 0 heterocycles. The molecule has 9 heteroatoms. The van der Waals surface area contributed by atoms with E-state index in [1.54, 1.807) is 0 Å². The highest BCUT2D eigenvalue weighted by Crippen LogP contribution is 2.13. The molecule has 0 spiro atoms. The number of sulfonamides is 1.